The zero-order valence-corrected chi connectivity index (χ0v) is 15.8. The molecule has 0 aromatic heterocycles. The van der Waals surface area contributed by atoms with Crippen LogP contribution in [0, 0.1) is 16.0 Å². The maximum Gasteiger partial charge on any atom is 0.269 e. The molecule has 27 heavy (non-hydrogen) atoms. The molecule has 0 spiro atoms. The van der Waals surface area contributed by atoms with Gasteiger partial charge < -0.3 is 10.6 Å². The van der Waals surface area contributed by atoms with Gasteiger partial charge in [-0.25, -0.2) is 8.42 Å². The second-order valence-corrected chi connectivity index (χ2v) is 8.93. The lowest BCUT2D eigenvalue weighted by molar-refractivity contribution is -0.384. The van der Waals surface area contributed by atoms with Crippen LogP contribution in [0.1, 0.15) is 25.7 Å². The van der Waals surface area contributed by atoms with Gasteiger partial charge in [0.1, 0.15) is 0 Å². The van der Waals surface area contributed by atoms with Crippen LogP contribution in [0.5, 0.6) is 0 Å². The summed E-state index contributed by atoms with van der Waals surface area (Å²) in [5.41, 5.74) is -0.162. The van der Waals surface area contributed by atoms with E-state index in [0.29, 0.717) is 25.9 Å². The zero-order valence-electron chi connectivity index (χ0n) is 15.0. The van der Waals surface area contributed by atoms with E-state index in [2.05, 4.69) is 10.6 Å². The number of hydrogen-bond donors (Lipinski definition) is 2. The third kappa shape index (κ3) is 4.63. The normalized spacial score (nSPS) is 23.9. The van der Waals surface area contributed by atoms with Crippen molar-refractivity contribution < 1.29 is 18.1 Å². The minimum absolute atomic E-state index is 0.00399. The van der Waals surface area contributed by atoms with Gasteiger partial charge in [0.15, 0.2) is 0 Å². The summed E-state index contributed by atoms with van der Waals surface area (Å²) in [5.74, 6) is -0.500. The van der Waals surface area contributed by atoms with Gasteiger partial charge in [-0.3, -0.25) is 14.9 Å². The maximum atomic E-state index is 12.8. The van der Waals surface area contributed by atoms with Crippen LogP contribution < -0.4 is 10.6 Å². The summed E-state index contributed by atoms with van der Waals surface area (Å²) in [6, 6.07) is 5.12. The highest BCUT2D eigenvalue weighted by molar-refractivity contribution is 7.89. The molecule has 2 fully saturated rings. The number of nitro groups is 1. The number of nitrogens with one attached hydrogen (secondary N) is 2. The van der Waals surface area contributed by atoms with E-state index in [1.54, 1.807) is 0 Å². The maximum absolute atomic E-state index is 12.8. The third-order valence-electron chi connectivity index (χ3n) is 5.13. The van der Waals surface area contributed by atoms with Crippen LogP contribution in [0.4, 0.5) is 5.69 Å². The van der Waals surface area contributed by atoms with Gasteiger partial charge in [0.25, 0.3) is 5.69 Å². The Morgan fingerprint density at radius 2 is 2.00 bits per heavy atom. The van der Waals surface area contributed by atoms with Crippen molar-refractivity contribution in [3.8, 4) is 0 Å². The molecule has 0 bridgehead atoms. The Labute approximate surface area is 158 Å². The first-order valence-corrected chi connectivity index (χ1v) is 10.6. The smallest absolute Gasteiger partial charge is 0.269 e. The molecule has 2 saturated heterocycles. The van der Waals surface area contributed by atoms with E-state index < -0.39 is 14.9 Å². The van der Waals surface area contributed by atoms with E-state index in [1.807, 2.05) is 0 Å². The Bertz CT molecular complexity index is 790. The Kier molecular flexibility index (Phi) is 6.08. The van der Waals surface area contributed by atoms with E-state index in [1.165, 1.54) is 28.6 Å². The highest BCUT2D eigenvalue weighted by atomic mass is 32.2. The quantitative estimate of drug-likeness (QED) is 0.543. The zero-order chi connectivity index (χ0) is 19.4. The van der Waals surface area contributed by atoms with Gasteiger partial charge in [0, 0.05) is 37.8 Å². The fourth-order valence-electron chi connectivity index (χ4n) is 3.56. The second kappa shape index (κ2) is 8.32. The topological polar surface area (TPSA) is 122 Å². The first kappa shape index (κ1) is 19.7. The number of hydrogen-bond acceptors (Lipinski definition) is 6. The van der Waals surface area contributed by atoms with Crippen molar-refractivity contribution >= 4 is 21.6 Å². The molecule has 2 N–H and O–H groups in total. The fourth-order valence-corrected chi connectivity index (χ4v) is 5.09. The molecule has 10 heteroatoms. The highest BCUT2D eigenvalue weighted by Gasteiger charge is 2.33. The van der Waals surface area contributed by atoms with Crippen LogP contribution in [0.2, 0.25) is 0 Å². The molecule has 0 radical (unpaired) electrons. The number of nitro benzene ring substituents is 1. The number of amides is 1. The number of non-ortho nitro benzene ring substituents is 1. The summed E-state index contributed by atoms with van der Waals surface area (Å²) in [6.07, 6.45) is 3.39. The lowest BCUT2D eigenvalue weighted by atomic mass is 9.98. The molecule has 1 aromatic rings. The molecule has 1 aromatic carbocycles. The van der Waals surface area contributed by atoms with Crippen LogP contribution in [-0.2, 0) is 14.8 Å². The summed E-state index contributed by atoms with van der Waals surface area (Å²) < 4.78 is 26.9. The van der Waals surface area contributed by atoms with Gasteiger partial charge in [0.05, 0.1) is 15.7 Å². The summed E-state index contributed by atoms with van der Waals surface area (Å²) in [4.78, 5) is 22.6. The minimum atomic E-state index is -3.78. The number of sulfonamides is 1. The molecule has 2 atom stereocenters. The summed E-state index contributed by atoms with van der Waals surface area (Å²) in [7, 11) is -3.78. The lowest BCUT2D eigenvalue weighted by Gasteiger charge is -2.31. The number of rotatable bonds is 6. The van der Waals surface area contributed by atoms with E-state index >= 15 is 0 Å². The molecule has 148 valence electrons. The SMILES string of the molecule is O=C(NCC1CCCN1)C1CCCN(S(=O)(=O)c2ccc([N+](=O)[O-])cc2)C1. The molecule has 2 aliphatic heterocycles. The van der Waals surface area contributed by atoms with Crippen molar-refractivity contribution in [1.29, 1.82) is 0 Å². The highest BCUT2D eigenvalue weighted by Crippen LogP contribution is 2.25. The molecule has 0 aliphatic carbocycles. The molecule has 1 amide bonds. The van der Waals surface area contributed by atoms with Crippen molar-refractivity contribution in [2.24, 2.45) is 5.92 Å². The van der Waals surface area contributed by atoms with Crippen molar-refractivity contribution in [3.05, 3.63) is 34.4 Å². The molecule has 2 aliphatic rings. The molecule has 2 heterocycles. The predicted octanol–water partition coefficient (Wildman–Crippen LogP) is 0.864. The van der Waals surface area contributed by atoms with E-state index in [9.17, 15) is 23.3 Å². The average molecular weight is 396 g/mol. The predicted molar refractivity (Wildman–Crippen MR) is 98.6 cm³/mol. The summed E-state index contributed by atoms with van der Waals surface area (Å²) in [6.45, 7) is 1.99. The first-order valence-electron chi connectivity index (χ1n) is 9.13. The third-order valence-corrected chi connectivity index (χ3v) is 7.00. The van der Waals surface area contributed by atoms with E-state index in [4.69, 9.17) is 0 Å². The number of carbonyl (C=O) groups excluding carboxylic acids is 1. The Morgan fingerprint density at radius 3 is 2.63 bits per heavy atom. The van der Waals surface area contributed by atoms with Gasteiger partial charge in [-0.1, -0.05) is 0 Å². The van der Waals surface area contributed by atoms with Gasteiger partial charge in [0.2, 0.25) is 15.9 Å². The van der Waals surface area contributed by atoms with E-state index in [-0.39, 0.29) is 35.0 Å². The van der Waals surface area contributed by atoms with Crippen molar-refractivity contribution in [1.82, 2.24) is 14.9 Å². The Balaban J connectivity index is 1.63. The number of nitrogens with zero attached hydrogens (tertiary/aromatic N) is 2. The van der Waals surface area contributed by atoms with Gasteiger partial charge in [-0.15, -0.1) is 0 Å². The van der Waals surface area contributed by atoms with Crippen LogP contribution in [-0.4, -0.2) is 55.8 Å². The molecule has 2 unspecified atom stereocenters. The van der Waals surface area contributed by atoms with Crippen molar-refractivity contribution in [3.63, 3.8) is 0 Å². The van der Waals surface area contributed by atoms with Crippen LogP contribution in [0.3, 0.4) is 0 Å². The van der Waals surface area contributed by atoms with Crippen molar-refractivity contribution in [2.75, 3.05) is 26.2 Å². The van der Waals surface area contributed by atoms with Crippen LogP contribution in [0.25, 0.3) is 0 Å². The second-order valence-electron chi connectivity index (χ2n) is 6.99. The van der Waals surface area contributed by atoms with Gasteiger partial charge >= 0.3 is 0 Å². The van der Waals surface area contributed by atoms with Gasteiger partial charge in [-0.05, 0) is 44.4 Å². The molecule has 9 nitrogen and oxygen atoms in total. The Hall–Kier alpha value is -2.04. The lowest BCUT2D eigenvalue weighted by Crippen LogP contribution is -2.47. The van der Waals surface area contributed by atoms with Gasteiger partial charge in [-0.2, -0.15) is 4.31 Å². The van der Waals surface area contributed by atoms with Crippen molar-refractivity contribution in [2.45, 2.75) is 36.6 Å². The summed E-state index contributed by atoms with van der Waals surface area (Å²) in [5, 5.41) is 17.0. The Morgan fingerprint density at radius 1 is 1.26 bits per heavy atom. The number of carbonyl (C=O) groups is 1. The molecule has 0 saturated carbocycles. The number of benzene rings is 1. The minimum Gasteiger partial charge on any atom is -0.354 e. The average Bonchev–Trinajstić information content (AvgIpc) is 3.20. The van der Waals surface area contributed by atoms with Crippen LogP contribution >= 0.6 is 0 Å². The standard InChI is InChI=1S/C17H24N4O5S/c22-17(19-11-14-4-1-9-18-14)13-3-2-10-20(12-13)27(25,26)16-7-5-15(6-8-16)21(23)24/h5-8,13-14,18H,1-4,9-12H2,(H,19,22). The molecular formula is C17H24N4O5S. The molecular weight excluding hydrogens is 372 g/mol. The molecule has 3 rings (SSSR count). The largest absolute Gasteiger partial charge is 0.354 e. The van der Waals surface area contributed by atoms with Crippen LogP contribution in [0.15, 0.2) is 29.2 Å². The number of piperidine rings is 1. The monoisotopic (exact) mass is 396 g/mol. The fraction of sp³-hybridized carbons (Fsp3) is 0.588. The summed E-state index contributed by atoms with van der Waals surface area (Å²) >= 11 is 0. The van der Waals surface area contributed by atoms with E-state index in [0.717, 1.165) is 19.4 Å². The first-order chi connectivity index (χ1) is 12.9.